The zero-order valence-electron chi connectivity index (χ0n) is 9.20. The van der Waals surface area contributed by atoms with E-state index in [0.29, 0.717) is 6.04 Å². The lowest BCUT2D eigenvalue weighted by atomic mass is 9.94. The topological polar surface area (TPSA) is 32.3 Å². The van der Waals surface area contributed by atoms with E-state index in [1.807, 2.05) is 18.3 Å². The molecule has 0 aliphatic heterocycles. The molecule has 15 heavy (non-hydrogen) atoms. The molecular weight excluding hydrogens is 206 g/mol. The molecule has 1 aliphatic rings. The van der Waals surface area contributed by atoms with Gasteiger partial charge >= 0.3 is 0 Å². The molecule has 1 aromatic heterocycles. The molecule has 2 nitrogen and oxygen atoms in total. The standard InChI is InChI=1S/C12H19NOS/c1-2-9(14)8-13-11-4-3-5-12-10(11)6-7-15-12/h6-7,9,11,13-14H,2-5,8H2,1H3. The van der Waals surface area contributed by atoms with Crippen molar-refractivity contribution in [2.24, 2.45) is 0 Å². The van der Waals surface area contributed by atoms with E-state index in [1.54, 1.807) is 0 Å². The van der Waals surface area contributed by atoms with E-state index in [0.717, 1.165) is 13.0 Å². The van der Waals surface area contributed by atoms with Gasteiger partial charge in [-0.05, 0) is 42.7 Å². The summed E-state index contributed by atoms with van der Waals surface area (Å²) in [6.07, 6.45) is 4.35. The molecule has 84 valence electrons. The summed E-state index contributed by atoms with van der Waals surface area (Å²) in [5.74, 6) is 0. The minimum absolute atomic E-state index is 0.200. The molecule has 3 heteroatoms. The summed E-state index contributed by atoms with van der Waals surface area (Å²) in [7, 11) is 0. The number of aliphatic hydroxyl groups is 1. The van der Waals surface area contributed by atoms with Gasteiger partial charge in [0.25, 0.3) is 0 Å². The second-order valence-electron chi connectivity index (χ2n) is 4.21. The van der Waals surface area contributed by atoms with Crippen LogP contribution in [0.3, 0.4) is 0 Å². The number of aliphatic hydroxyl groups excluding tert-OH is 1. The maximum atomic E-state index is 9.53. The van der Waals surface area contributed by atoms with Crippen molar-refractivity contribution >= 4 is 11.3 Å². The first-order chi connectivity index (χ1) is 7.31. The van der Waals surface area contributed by atoms with Crippen LogP contribution in [0.2, 0.25) is 0 Å². The van der Waals surface area contributed by atoms with E-state index >= 15 is 0 Å². The molecule has 1 aromatic rings. The summed E-state index contributed by atoms with van der Waals surface area (Å²) in [6.45, 7) is 2.74. The molecule has 0 aromatic carbocycles. The van der Waals surface area contributed by atoms with Gasteiger partial charge in [-0.3, -0.25) is 0 Å². The lowest BCUT2D eigenvalue weighted by Crippen LogP contribution is -2.31. The second-order valence-corrected chi connectivity index (χ2v) is 5.21. The average Bonchev–Trinajstić information content (AvgIpc) is 2.74. The van der Waals surface area contributed by atoms with Crippen molar-refractivity contribution in [3.63, 3.8) is 0 Å². The van der Waals surface area contributed by atoms with Crippen molar-refractivity contribution in [3.05, 3.63) is 21.9 Å². The maximum absolute atomic E-state index is 9.53. The van der Waals surface area contributed by atoms with Crippen molar-refractivity contribution in [1.29, 1.82) is 0 Å². The Kier molecular flexibility index (Phi) is 3.78. The van der Waals surface area contributed by atoms with Gasteiger partial charge in [0.1, 0.15) is 0 Å². The monoisotopic (exact) mass is 225 g/mol. The number of nitrogens with one attached hydrogen (secondary N) is 1. The second kappa shape index (κ2) is 5.10. The van der Waals surface area contributed by atoms with Crippen LogP contribution in [-0.2, 0) is 6.42 Å². The minimum Gasteiger partial charge on any atom is -0.392 e. The number of hydrogen-bond acceptors (Lipinski definition) is 3. The quantitative estimate of drug-likeness (QED) is 0.825. The van der Waals surface area contributed by atoms with E-state index in [2.05, 4.69) is 16.8 Å². The van der Waals surface area contributed by atoms with E-state index in [9.17, 15) is 5.11 Å². The summed E-state index contributed by atoms with van der Waals surface area (Å²) < 4.78 is 0. The Bertz CT molecular complexity index is 310. The lowest BCUT2D eigenvalue weighted by Gasteiger charge is -2.24. The fraction of sp³-hybridized carbons (Fsp3) is 0.667. The molecule has 0 saturated carbocycles. The van der Waals surface area contributed by atoms with Gasteiger partial charge in [0.05, 0.1) is 6.10 Å². The van der Waals surface area contributed by atoms with E-state index in [1.165, 1.54) is 29.7 Å². The van der Waals surface area contributed by atoms with E-state index in [-0.39, 0.29) is 6.10 Å². The molecule has 2 atom stereocenters. The summed E-state index contributed by atoms with van der Waals surface area (Å²) in [4.78, 5) is 1.53. The number of fused-ring (bicyclic) bond motifs is 1. The van der Waals surface area contributed by atoms with Crippen molar-refractivity contribution in [2.45, 2.75) is 44.8 Å². The van der Waals surface area contributed by atoms with E-state index < -0.39 is 0 Å². The molecule has 0 spiro atoms. The Morgan fingerprint density at radius 3 is 3.33 bits per heavy atom. The summed E-state index contributed by atoms with van der Waals surface area (Å²) in [5, 5.41) is 15.2. The molecule has 0 radical (unpaired) electrons. The van der Waals surface area contributed by atoms with Crippen LogP contribution < -0.4 is 5.32 Å². The molecule has 1 aliphatic carbocycles. The van der Waals surface area contributed by atoms with Crippen molar-refractivity contribution in [3.8, 4) is 0 Å². The normalized spacial score (nSPS) is 22.4. The van der Waals surface area contributed by atoms with Gasteiger partial charge in [-0.1, -0.05) is 6.92 Å². The fourth-order valence-corrected chi connectivity index (χ4v) is 3.11. The highest BCUT2D eigenvalue weighted by Gasteiger charge is 2.20. The Balaban J connectivity index is 1.95. The molecule has 1 heterocycles. The predicted molar refractivity (Wildman–Crippen MR) is 64.3 cm³/mol. The molecule has 0 amide bonds. The van der Waals surface area contributed by atoms with Crippen LogP contribution in [0.15, 0.2) is 11.4 Å². The number of aryl methyl sites for hydroxylation is 1. The largest absolute Gasteiger partial charge is 0.392 e. The third kappa shape index (κ3) is 2.60. The molecule has 2 N–H and O–H groups in total. The Morgan fingerprint density at radius 1 is 1.67 bits per heavy atom. The van der Waals surface area contributed by atoms with Gasteiger partial charge in [0.2, 0.25) is 0 Å². The van der Waals surface area contributed by atoms with E-state index in [4.69, 9.17) is 0 Å². The van der Waals surface area contributed by atoms with Crippen molar-refractivity contribution < 1.29 is 5.11 Å². The lowest BCUT2D eigenvalue weighted by molar-refractivity contribution is 0.161. The fourth-order valence-electron chi connectivity index (χ4n) is 2.12. The van der Waals surface area contributed by atoms with Gasteiger partial charge < -0.3 is 10.4 Å². The van der Waals surface area contributed by atoms with Crippen LogP contribution >= 0.6 is 11.3 Å². The predicted octanol–water partition coefficient (Wildman–Crippen LogP) is 2.49. The summed E-state index contributed by atoms with van der Waals surface area (Å²) >= 11 is 1.87. The first kappa shape index (κ1) is 11.1. The molecular formula is C12H19NOS. The first-order valence-electron chi connectivity index (χ1n) is 5.79. The van der Waals surface area contributed by atoms with Gasteiger partial charge in [-0.15, -0.1) is 11.3 Å². The smallest absolute Gasteiger partial charge is 0.0662 e. The Hall–Kier alpha value is -0.380. The van der Waals surface area contributed by atoms with Gasteiger partial charge in [-0.2, -0.15) is 0 Å². The van der Waals surface area contributed by atoms with Crippen LogP contribution in [0.25, 0.3) is 0 Å². The average molecular weight is 225 g/mol. The van der Waals surface area contributed by atoms with Crippen LogP contribution in [-0.4, -0.2) is 17.8 Å². The van der Waals surface area contributed by atoms with Crippen molar-refractivity contribution in [1.82, 2.24) is 5.32 Å². The molecule has 0 saturated heterocycles. The highest BCUT2D eigenvalue weighted by molar-refractivity contribution is 7.10. The number of hydrogen-bond donors (Lipinski definition) is 2. The number of rotatable bonds is 4. The van der Waals surface area contributed by atoms with Crippen LogP contribution in [0.1, 0.15) is 42.7 Å². The first-order valence-corrected chi connectivity index (χ1v) is 6.67. The molecule has 2 rings (SSSR count). The molecule has 2 unspecified atom stereocenters. The number of thiophene rings is 1. The summed E-state index contributed by atoms with van der Waals surface area (Å²) in [6, 6.07) is 2.70. The third-order valence-electron chi connectivity index (χ3n) is 3.12. The molecule has 0 bridgehead atoms. The highest BCUT2D eigenvalue weighted by atomic mass is 32.1. The highest BCUT2D eigenvalue weighted by Crippen LogP contribution is 2.33. The van der Waals surface area contributed by atoms with Crippen LogP contribution in [0.5, 0.6) is 0 Å². The van der Waals surface area contributed by atoms with Crippen LogP contribution in [0.4, 0.5) is 0 Å². The van der Waals surface area contributed by atoms with Gasteiger partial charge in [0.15, 0.2) is 0 Å². The summed E-state index contributed by atoms with van der Waals surface area (Å²) in [5.41, 5.74) is 1.47. The van der Waals surface area contributed by atoms with Crippen molar-refractivity contribution in [2.75, 3.05) is 6.54 Å². The maximum Gasteiger partial charge on any atom is 0.0662 e. The zero-order chi connectivity index (χ0) is 10.7. The Labute approximate surface area is 95.3 Å². The third-order valence-corrected chi connectivity index (χ3v) is 4.12. The minimum atomic E-state index is -0.200. The molecule has 0 fully saturated rings. The SMILES string of the molecule is CCC(O)CNC1CCCc2sccc21. The van der Waals surface area contributed by atoms with Gasteiger partial charge in [-0.25, -0.2) is 0 Å². The Morgan fingerprint density at radius 2 is 2.53 bits per heavy atom. The van der Waals surface area contributed by atoms with Crippen LogP contribution in [0, 0.1) is 0 Å². The van der Waals surface area contributed by atoms with Gasteiger partial charge in [0, 0.05) is 17.5 Å². The zero-order valence-corrected chi connectivity index (χ0v) is 10.0.